The van der Waals surface area contributed by atoms with Crippen LogP contribution in [0.25, 0.3) is 22.4 Å². The molecule has 3 rings (SSSR count). The summed E-state index contributed by atoms with van der Waals surface area (Å²) in [7, 11) is 1.30. The fraction of sp³-hybridized carbons (Fsp3) is 0.300. The normalized spacial score (nSPS) is 12.2. The zero-order valence-electron chi connectivity index (χ0n) is 15.6. The van der Waals surface area contributed by atoms with Crippen molar-refractivity contribution in [3.8, 4) is 11.3 Å². The number of aromatic nitrogens is 2. The van der Waals surface area contributed by atoms with E-state index in [4.69, 9.17) is 9.26 Å². The van der Waals surface area contributed by atoms with Crippen LogP contribution in [0.2, 0.25) is 0 Å². The molecule has 0 saturated carbocycles. The Kier molecular flexibility index (Phi) is 5.21. The number of rotatable bonds is 5. The predicted molar refractivity (Wildman–Crippen MR) is 100 cm³/mol. The Hall–Kier alpha value is -3.22. The van der Waals surface area contributed by atoms with Crippen molar-refractivity contribution < 1.29 is 18.8 Å². The Morgan fingerprint density at radius 1 is 1.19 bits per heavy atom. The maximum Gasteiger partial charge on any atom is 0.328 e. The molecule has 0 bridgehead atoms. The van der Waals surface area contributed by atoms with Crippen molar-refractivity contribution in [3.05, 3.63) is 47.7 Å². The zero-order chi connectivity index (χ0) is 19.6. The van der Waals surface area contributed by atoms with Crippen LogP contribution in [0.15, 0.2) is 40.9 Å². The Morgan fingerprint density at radius 2 is 1.89 bits per heavy atom. The summed E-state index contributed by atoms with van der Waals surface area (Å²) in [5.74, 6) is -1.03. The van der Waals surface area contributed by atoms with Crippen molar-refractivity contribution in [3.63, 3.8) is 0 Å². The number of nitrogens with one attached hydrogen (secondary N) is 1. The summed E-state index contributed by atoms with van der Waals surface area (Å²) in [6.45, 7) is 5.42. The van der Waals surface area contributed by atoms with E-state index in [1.54, 1.807) is 13.0 Å². The number of esters is 1. The Labute approximate surface area is 156 Å². The molecule has 0 aliphatic heterocycles. The second-order valence-corrected chi connectivity index (χ2v) is 6.59. The highest BCUT2D eigenvalue weighted by molar-refractivity contribution is 6.08. The van der Waals surface area contributed by atoms with Crippen molar-refractivity contribution >= 4 is 23.0 Å². The first kappa shape index (κ1) is 18.6. The van der Waals surface area contributed by atoms with Crippen LogP contribution >= 0.6 is 0 Å². The van der Waals surface area contributed by atoms with E-state index in [0.29, 0.717) is 22.3 Å². The standard InChI is InChI=1S/C20H21N3O4/c1-11(2)17(20(25)26-4)22-18(24)14-10-15(13-8-6-5-7-9-13)21-19-16(14)12(3)23-27-19/h5-11,17H,1-4H3,(H,22,24)/t17-/m0/s1. The molecule has 0 aliphatic rings. The summed E-state index contributed by atoms with van der Waals surface area (Å²) in [6, 6.07) is 10.4. The van der Waals surface area contributed by atoms with Crippen LogP contribution in [0.3, 0.4) is 0 Å². The molecule has 3 aromatic rings. The van der Waals surface area contributed by atoms with Crippen LogP contribution in [-0.2, 0) is 9.53 Å². The number of pyridine rings is 1. The van der Waals surface area contributed by atoms with E-state index in [1.807, 2.05) is 44.2 Å². The minimum absolute atomic E-state index is 0.129. The van der Waals surface area contributed by atoms with Gasteiger partial charge in [-0.1, -0.05) is 49.3 Å². The summed E-state index contributed by atoms with van der Waals surface area (Å²) < 4.78 is 10.1. The van der Waals surface area contributed by atoms with Crippen LogP contribution in [0.1, 0.15) is 29.9 Å². The average molecular weight is 367 g/mol. The van der Waals surface area contributed by atoms with Gasteiger partial charge in [-0.25, -0.2) is 9.78 Å². The maximum absolute atomic E-state index is 13.0. The summed E-state index contributed by atoms with van der Waals surface area (Å²) in [6.07, 6.45) is 0. The molecule has 0 spiro atoms. The lowest BCUT2D eigenvalue weighted by molar-refractivity contribution is -0.144. The second kappa shape index (κ2) is 7.57. The number of ether oxygens (including phenoxy) is 1. The number of carbonyl (C=O) groups is 2. The first-order valence-electron chi connectivity index (χ1n) is 8.63. The van der Waals surface area contributed by atoms with E-state index >= 15 is 0 Å². The van der Waals surface area contributed by atoms with Gasteiger partial charge in [0.2, 0.25) is 0 Å². The van der Waals surface area contributed by atoms with Crippen LogP contribution in [0, 0.1) is 12.8 Å². The van der Waals surface area contributed by atoms with Crippen LogP contribution in [-0.4, -0.2) is 35.2 Å². The predicted octanol–water partition coefficient (Wildman–Crippen LogP) is 3.13. The van der Waals surface area contributed by atoms with Gasteiger partial charge in [0.15, 0.2) is 0 Å². The maximum atomic E-state index is 13.0. The summed E-state index contributed by atoms with van der Waals surface area (Å²) in [5.41, 5.74) is 2.62. The molecule has 7 heteroatoms. The Balaban J connectivity index is 2.07. The van der Waals surface area contributed by atoms with Gasteiger partial charge in [0.05, 0.1) is 29.4 Å². The first-order chi connectivity index (χ1) is 12.9. The molecule has 2 heterocycles. The highest BCUT2D eigenvalue weighted by atomic mass is 16.5. The van der Waals surface area contributed by atoms with Crippen molar-refractivity contribution in [2.24, 2.45) is 5.92 Å². The number of carbonyl (C=O) groups excluding carboxylic acids is 2. The van der Waals surface area contributed by atoms with Gasteiger partial charge < -0.3 is 14.6 Å². The van der Waals surface area contributed by atoms with Crippen molar-refractivity contribution in [1.29, 1.82) is 0 Å². The number of hydrogen-bond acceptors (Lipinski definition) is 6. The van der Waals surface area contributed by atoms with E-state index in [2.05, 4.69) is 15.5 Å². The van der Waals surface area contributed by atoms with E-state index < -0.39 is 17.9 Å². The molecule has 0 aliphatic carbocycles. The summed E-state index contributed by atoms with van der Waals surface area (Å²) in [4.78, 5) is 29.5. The number of hydrogen-bond donors (Lipinski definition) is 1. The molecule has 27 heavy (non-hydrogen) atoms. The molecule has 0 saturated heterocycles. The van der Waals surface area contributed by atoms with Crippen LogP contribution in [0.4, 0.5) is 0 Å². The molecular formula is C20H21N3O4. The van der Waals surface area contributed by atoms with Crippen molar-refractivity contribution in [2.45, 2.75) is 26.8 Å². The molecule has 1 amide bonds. The largest absolute Gasteiger partial charge is 0.467 e. The third-order valence-corrected chi connectivity index (χ3v) is 4.34. The second-order valence-electron chi connectivity index (χ2n) is 6.59. The van der Waals surface area contributed by atoms with Gasteiger partial charge in [0.1, 0.15) is 6.04 Å². The highest BCUT2D eigenvalue weighted by Gasteiger charge is 2.27. The third kappa shape index (κ3) is 3.67. The smallest absolute Gasteiger partial charge is 0.328 e. The molecule has 0 unspecified atom stereocenters. The molecule has 1 atom stereocenters. The topological polar surface area (TPSA) is 94.3 Å². The number of aryl methyl sites for hydroxylation is 1. The van der Waals surface area contributed by atoms with Gasteiger partial charge in [-0.05, 0) is 18.9 Å². The number of amides is 1. The highest BCUT2D eigenvalue weighted by Crippen LogP contribution is 2.27. The van der Waals surface area contributed by atoms with Gasteiger partial charge in [0.25, 0.3) is 11.6 Å². The lowest BCUT2D eigenvalue weighted by atomic mass is 10.0. The minimum Gasteiger partial charge on any atom is -0.467 e. The SMILES string of the molecule is COC(=O)[C@@H](NC(=O)c1cc(-c2ccccc2)nc2onc(C)c12)C(C)C. The van der Waals surface area contributed by atoms with Gasteiger partial charge >= 0.3 is 5.97 Å². The number of benzene rings is 1. The quantitative estimate of drug-likeness (QED) is 0.696. The zero-order valence-corrected chi connectivity index (χ0v) is 15.6. The van der Waals surface area contributed by atoms with Gasteiger partial charge in [-0.15, -0.1) is 0 Å². The average Bonchev–Trinajstić information content (AvgIpc) is 3.06. The number of fused-ring (bicyclic) bond motifs is 1. The molecule has 2 aromatic heterocycles. The van der Waals surface area contributed by atoms with Crippen LogP contribution < -0.4 is 5.32 Å². The van der Waals surface area contributed by atoms with E-state index in [0.717, 1.165) is 5.56 Å². The van der Waals surface area contributed by atoms with E-state index in [-0.39, 0.29) is 11.6 Å². The fourth-order valence-corrected chi connectivity index (χ4v) is 2.87. The minimum atomic E-state index is -0.758. The summed E-state index contributed by atoms with van der Waals surface area (Å²) in [5, 5.41) is 7.22. The number of methoxy groups -OCH3 is 1. The first-order valence-corrected chi connectivity index (χ1v) is 8.63. The lowest BCUT2D eigenvalue weighted by Gasteiger charge is -2.20. The molecule has 0 radical (unpaired) electrons. The molecule has 0 fully saturated rings. The molecule has 1 aromatic carbocycles. The van der Waals surface area contributed by atoms with Crippen molar-refractivity contribution in [1.82, 2.24) is 15.5 Å². The van der Waals surface area contributed by atoms with E-state index in [9.17, 15) is 9.59 Å². The summed E-state index contributed by atoms with van der Waals surface area (Å²) >= 11 is 0. The molecule has 140 valence electrons. The number of nitrogens with zero attached hydrogens (tertiary/aromatic N) is 2. The van der Waals surface area contributed by atoms with Gasteiger partial charge in [-0.3, -0.25) is 4.79 Å². The molecule has 7 nitrogen and oxygen atoms in total. The van der Waals surface area contributed by atoms with Crippen LogP contribution in [0.5, 0.6) is 0 Å². The third-order valence-electron chi connectivity index (χ3n) is 4.34. The van der Waals surface area contributed by atoms with E-state index in [1.165, 1.54) is 7.11 Å². The Bertz CT molecular complexity index is 980. The monoisotopic (exact) mass is 367 g/mol. The fourth-order valence-electron chi connectivity index (χ4n) is 2.87. The van der Waals surface area contributed by atoms with Gasteiger partial charge in [0, 0.05) is 5.56 Å². The van der Waals surface area contributed by atoms with Gasteiger partial charge in [-0.2, -0.15) is 0 Å². The van der Waals surface area contributed by atoms with Crippen molar-refractivity contribution in [2.75, 3.05) is 7.11 Å². The lowest BCUT2D eigenvalue weighted by Crippen LogP contribution is -2.45. The Morgan fingerprint density at radius 3 is 2.52 bits per heavy atom. The molecular weight excluding hydrogens is 346 g/mol. The molecule has 1 N–H and O–H groups in total.